The van der Waals surface area contributed by atoms with Gasteiger partial charge < -0.3 is 10.6 Å². The van der Waals surface area contributed by atoms with E-state index in [4.69, 9.17) is 46.4 Å². The summed E-state index contributed by atoms with van der Waals surface area (Å²) >= 11 is 24.2. The molecule has 288 valence electrons. The van der Waals surface area contributed by atoms with Gasteiger partial charge >= 0.3 is 0 Å². The summed E-state index contributed by atoms with van der Waals surface area (Å²) in [6.07, 6.45) is 0.171. The minimum Gasteiger partial charge on any atom is -0.380 e. The van der Waals surface area contributed by atoms with E-state index in [0.29, 0.717) is 10.0 Å². The molecule has 0 aliphatic carbocycles. The summed E-state index contributed by atoms with van der Waals surface area (Å²) in [6, 6.07) is 16.7. The summed E-state index contributed by atoms with van der Waals surface area (Å²) in [5.74, 6) is -1.58. The van der Waals surface area contributed by atoms with E-state index < -0.39 is 55.4 Å². The molecule has 2 atom stereocenters. The van der Waals surface area contributed by atoms with Crippen LogP contribution in [-0.4, -0.2) is 42.7 Å². The Balaban J connectivity index is 1.30. The van der Waals surface area contributed by atoms with Crippen LogP contribution in [0.25, 0.3) is 0 Å². The Kier molecular flexibility index (Phi) is 13.1. The van der Waals surface area contributed by atoms with Gasteiger partial charge in [-0.3, -0.25) is 27.3 Å². The molecule has 0 aliphatic rings. The molecule has 54 heavy (non-hydrogen) atoms. The summed E-state index contributed by atoms with van der Waals surface area (Å²) in [5, 5.41) is 6.73. The van der Waals surface area contributed by atoms with Gasteiger partial charge in [-0.05, 0) is 112 Å². The number of hydrogen-bond acceptors (Lipinski definition) is 9. The zero-order chi connectivity index (χ0) is 39.5. The van der Waals surface area contributed by atoms with Crippen molar-refractivity contribution in [3.8, 4) is 0 Å². The Hall–Kier alpha value is -3.60. The van der Waals surface area contributed by atoms with Crippen LogP contribution in [0.5, 0.6) is 0 Å². The molecule has 0 spiro atoms. The second-order valence-corrected chi connectivity index (χ2v) is 17.7. The molecule has 4 N–H and O–H groups in total. The van der Waals surface area contributed by atoms with Gasteiger partial charge in [-0.2, -0.15) is 0 Å². The fraction of sp³-hybridized carbons (Fsp3) is 0.222. The van der Waals surface area contributed by atoms with Gasteiger partial charge in [0.1, 0.15) is 23.0 Å². The van der Waals surface area contributed by atoms with Crippen LogP contribution in [0, 0.1) is 11.6 Å². The van der Waals surface area contributed by atoms with Crippen LogP contribution in [0.1, 0.15) is 26.7 Å². The second-order valence-electron chi connectivity index (χ2n) is 12.3. The Bertz CT molecular complexity index is 2310. The molecular weight excluding hydrogens is 828 g/mol. The summed E-state index contributed by atoms with van der Waals surface area (Å²) < 4.78 is 82.9. The average Bonchev–Trinajstić information content (AvgIpc) is 3.12. The first kappa shape index (κ1) is 41.6. The van der Waals surface area contributed by atoms with E-state index in [9.17, 15) is 27.1 Å². The molecule has 0 saturated carbocycles. The number of hydrogen-bond donors (Lipinski definition) is 4. The monoisotopic (exact) mass is 860 g/mol. The highest BCUT2D eigenvalue weighted by molar-refractivity contribution is 8.25. The molecule has 5 rings (SSSR count). The molecule has 0 heterocycles. The summed E-state index contributed by atoms with van der Waals surface area (Å²) in [7, 11) is -8.18. The first-order chi connectivity index (χ1) is 25.4. The topological polar surface area (TPSA) is 139 Å². The molecule has 0 saturated heterocycles. The van der Waals surface area contributed by atoms with Gasteiger partial charge in [0.05, 0.1) is 21.2 Å². The largest absolute Gasteiger partial charge is 0.380 e. The van der Waals surface area contributed by atoms with Gasteiger partial charge in [0.2, 0.25) is 0 Å². The lowest BCUT2D eigenvalue weighted by atomic mass is 10.1. The van der Waals surface area contributed by atoms with Crippen molar-refractivity contribution < 1.29 is 26.3 Å². The third-order valence-electron chi connectivity index (χ3n) is 8.50. The molecular formula is C36H34Cl4F2N4O6S2. The number of halogens is 6. The van der Waals surface area contributed by atoms with Gasteiger partial charge in [-0.1, -0.05) is 57.2 Å². The maximum absolute atomic E-state index is 15.2. The summed E-state index contributed by atoms with van der Waals surface area (Å²) in [6.45, 7) is 3.21. The highest BCUT2D eigenvalue weighted by Gasteiger charge is 2.34. The molecule has 0 aromatic heterocycles. The Labute approximate surface area is 332 Å². The van der Waals surface area contributed by atoms with Crippen LogP contribution >= 0.6 is 57.2 Å². The van der Waals surface area contributed by atoms with Crippen molar-refractivity contribution >= 4 is 90.0 Å². The summed E-state index contributed by atoms with van der Waals surface area (Å²) in [5.41, 5.74) is -2.12. The lowest BCUT2D eigenvalue weighted by molar-refractivity contribution is 0.468. The van der Waals surface area contributed by atoms with Crippen molar-refractivity contribution in [3.05, 3.63) is 137 Å². The van der Waals surface area contributed by atoms with Crippen LogP contribution in [0.4, 0.5) is 31.5 Å². The van der Waals surface area contributed by atoms with Crippen molar-refractivity contribution in [2.45, 2.75) is 48.6 Å². The fourth-order valence-electron chi connectivity index (χ4n) is 5.77. The predicted molar refractivity (Wildman–Crippen MR) is 215 cm³/mol. The maximum Gasteiger partial charge on any atom is 0.264 e. The SMILES string of the molecule is C[C@H](CCNc1c(NCC[C@@H](C)N(c2cc(Cl)ccc2F)S(=O)(=O)c2ccc(Cl)cc2)c(=O)c1=O)N(c1cc(Cl)ccc1F)S(O)(O)c1ccc(Cl)cc1. The van der Waals surface area contributed by atoms with E-state index >= 15 is 8.78 Å². The van der Waals surface area contributed by atoms with Crippen molar-refractivity contribution in [3.63, 3.8) is 0 Å². The first-order valence-electron chi connectivity index (χ1n) is 16.3. The van der Waals surface area contributed by atoms with Gasteiger partial charge in [0.15, 0.2) is 0 Å². The highest BCUT2D eigenvalue weighted by atomic mass is 35.5. The number of sulfonamides is 1. The lowest BCUT2D eigenvalue weighted by Gasteiger charge is -2.47. The van der Waals surface area contributed by atoms with Crippen LogP contribution in [0.3, 0.4) is 0 Å². The van der Waals surface area contributed by atoms with Crippen molar-refractivity contribution in [1.29, 1.82) is 0 Å². The van der Waals surface area contributed by atoms with Crippen LogP contribution in [0.2, 0.25) is 20.1 Å². The van der Waals surface area contributed by atoms with E-state index in [-0.39, 0.29) is 68.5 Å². The van der Waals surface area contributed by atoms with E-state index in [1.807, 2.05) is 0 Å². The van der Waals surface area contributed by atoms with E-state index in [1.165, 1.54) is 72.8 Å². The normalized spacial score (nSPS) is 13.4. The van der Waals surface area contributed by atoms with E-state index in [2.05, 4.69) is 10.6 Å². The maximum atomic E-state index is 15.2. The third kappa shape index (κ3) is 8.92. The van der Waals surface area contributed by atoms with Crippen LogP contribution in [0.15, 0.2) is 104 Å². The van der Waals surface area contributed by atoms with Gasteiger partial charge in [0.25, 0.3) is 20.9 Å². The minimum atomic E-state index is -4.34. The minimum absolute atomic E-state index is 0.00422. The number of nitrogens with one attached hydrogen (secondary N) is 2. The molecule has 10 nitrogen and oxygen atoms in total. The van der Waals surface area contributed by atoms with Crippen LogP contribution in [-0.2, 0) is 10.0 Å². The van der Waals surface area contributed by atoms with Gasteiger partial charge in [-0.25, -0.2) is 17.2 Å². The predicted octanol–water partition coefficient (Wildman–Crippen LogP) is 9.68. The van der Waals surface area contributed by atoms with Crippen molar-refractivity contribution in [2.24, 2.45) is 0 Å². The number of anilines is 4. The molecule has 0 amide bonds. The Morgan fingerprint density at radius 3 is 1.43 bits per heavy atom. The Morgan fingerprint density at radius 2 is 0.981 bits per heavy atom. The third-order valence-corrected chi connectivity index (χ3v) is 13.4. The zero-order valence-corrected chi connectivity index (χ0v) is 33.2. The number of benzene rings is 4. The highest BCUT2D eigenvalue weighted by Crippen LogP contribution is 2.55. The lowest BCUT2D eigenvalue weighted by Crippen LogP contribution is -2.42. The standard InChI is InChI=1S/C36H34Cl4F2N4O6S2/c1-21(45(31-19-25(39)7-13-29(31)41)53(49,50)27-9-3-23(37)4-10-27)15-17-43-33-34(36(48)35(33)47)44-18-16-22(2)46(32-20-26(40)8-14-30(32)42)54(51,52)28-11-5-24(38)6-12-28/h3-14,19-22,43-44,49-50H,15-18H2,1-2H3/t21-,22-/m1/s1. The molecule has 18 heteroatoms. The van der Waals surface area contributed by atoms with Gasteiger partial charge in [-0.15, -0.1) is 0 Å². The average molecular weight is 863 g/mol. The smallest absolute Gasteiger partial charge is 0.264 e. The molecule has 0 unspecified atom stereocenters. The zero-order valence-electron chi connectivity index (χ0n) is 28.6. The van der Waals surface area contributed by atoms with Crippen LogP contribution < -0.4 is 30.1 Å². The van der Waals surface area contributed by atoms with Crippen molar-refractivity contribution in [1.82, 2.24) is 0 Å². The van der Waals surface area contributed by atoms with Crippen molar-refractivity contribution in [2.75, 3.05) is 32.3 Å². The first-order valence-corrected chi connectivity index (χ1v) is 20.7. The summed E-state index contributed by atoms with van der Waals surface area (Å²) in [4.78, 5) is 25.1. The second kappa shape index (κ2) is 17.0. The van der Waals surface area contributed by atoms with E-state index in [1.54, 1.807) is 13.8 Å². The van der Waals surface area contributed by atoms with E-state index in [0.717, 1.165) is 20.7 Å². The number of nitrogens with zero attached hydrogens (tertiary/aromatic N) is 2. The molecule has 5 aromatic rings. The molecule has 0 fully saturated rings. The molecule has 0 bridgehead atoms. The molecule has 0 radical (unpaired) electrons. The molecule has 5 aromatic carbocycles. The fourth-order valence-corrected chi connectivity index (χ4v) is 9.78. The number of rotatable bonds is 16. The van der Waals surface area contributed by atoms with Gasteiger partial charge in [0, 0.05) is 45.3 Å². The quantitative estimate of drug-likeness (QED) is 0.0715. The Morgan fingerprint density at radius 1 is 0.611 bits per heavy atom. The molecule has 0 aliphatic heterocycles.